The summed E-state index contributed by atoms with van der Waals surface area (Å²) >= 11 is 0. The summed E-state index contributed by atoms with van der Waals surface area (Å²) in [7, 11) is 2.83. The molecule has 124 valence electrons. The van der Waals surface area contributed by atoms with Crippen LogP contribution < -0.4 is 14.2 Å². The minimum absolute atomic E-state index is 0.173. The van der Waals surface area contributed by atoms with E-state index in [1.165, 1.54) is 26.4 Å². The van der Waals surface area contributed by atoms with Crippen LogP contribution in [0.4, 0.5) is 0 Å². The lowest BCUT2D eigenvalue weighted by Crippen LogP contribution is -2.18. The monoisotopic (exact) mass is 322 g/mol. The lowest BCUT2D eigenvalue weighted by molar-refractivity contribution is -0.154. The molecule has 8 nitrogen and oxygen atoms in total. The fourth-order valence-corrected chi connectivity index (χ4v) is 1.39. The highest BCUT2D eigenvalue weighted by Crippen LogP contribution is 2.21. The summed E-state index contributed by atoms with van der Waals surface area (Å²) in [6.07, 6.45) is 2.57. The number of methoxy groups -OCH3 is 2. The van der Waals surface area contributed by atoms with Crippen molar-refractivity contribution in [2.24, 2.45) is 0 Å². The molecule has 0 saturated carbocycles. The second kappa shape index (κ2) is 8.52. The number of hydrogen-bond donors (Lipinski definition) is 0. The molecule has 0 fully saturated rings. The average molecular weight is 322 g/mol. The Labute approximate surface area is 133 Å². The van der Waals surface area contributed by atoms with Crippen LogP contribution in [-0.4, -0.2) is 36.1 Å². The maximum absolute atomic E-state index is 12.0. The zero-order valence-electron chi connectivity index (χ0n) is 13.6. The molecule has 8 heteroatoms. The number of rotatable bonds is 6. The van der Waals surface area contributed by atoms with Gasteiger partial charge in [-0.05, 0) is 26.3 Å². The second-order valence-electron chi connectivity index (χ2n) is 4.37. The van der Waals surface area contributed by atoms with Crippen LogP contribution in [0.1, 0.15) is 20.8 Å². The number of esters is 2. The van der Waals surface area contributed by atoms with Gasteiger partial charge in [-0.15, -0.1) is 0 Å². The Morgan fingerprint density at radius 2 is 1.65 bits per heavy atom. The smallest absolute Gasteiger partial charge is 0.382 e. The van der Waals surface area contributed by atoms with Crippen molar-refractivity contribution in [3.8, 4) is 17.8 Å². The quantitative estimate of drug-likeness (QED) is 0.338. The second-order valence-corrected chi connectivity index (χ2v) is 4.37. The topological polar surface area (TPSA) is 96.8 Å². The molecule has 0 aliphatic rings. The predicted molar refractivity (Wildman–Crippen MR) is 80.1 cm³/mol. The van der Waals surface area contributed by atoms with Crippen LogP contribution in [0, 0.1) is 0 Å². The van der Waals surface area contributed by atoms with E-state index >= 15 is 0 Å². The zero-order chi connectivity index (χ0) is 17.4. The predicted octanol–water partition coefficient (Wildman–Crippen LogP) is 1.81. The molecule has 0 saturated heterocycles. The third-order valence-electron chi connectivity index (χ3n) is 2.41. The number of aromatic nitrogens is 2. The van der Waals surface area contributed by atoms with Gasteiger partial charge in [0.1, 0.15) is 0 Å². The van der Waals surface area contributed by atoms with Crippen LogP contribution in [-0.2, 0) is 14.3 Å². The van der Waals surface area contributed by atoms with Crippen molar-refractivity contribution >= 4 is 11.9 Å². The van der Waals surface area contributed by atoms with Gasteiger partial charge in [0.2, 0.25) is 17.5 Å². The van der Waals surface area contributed by atoms with Crippen LogP contribution in [0.15, 0.2) is 29.6 Å². The molecule has 0 amide bonds. The molecule has 1 aromatic heterocycles. The van der Waals surface area contributed by atoms with Crippen LogP contribution in [0.25, 0.3) is 0 Å². The summed E-state index contributed by atoms with van der Waals surface area (Å²) in [5, 5.41) is 0. The lowest BCUT2D eigenvalue weighted by Gasteiger charge is -2.10. The molecule has 1 heterocycles. The Morgan fingerprint density at radius 1 is 1.09 bits per heavy atom. The van der Waals surface area contributed by atoms with E-state index in [-0.39, 0.29) is 23.5 Å². The van der Waals surface area contributed by atoms with Gasteiger partial charge < -0.3 is 18.9 Å². The van der Waals surface area contributed by atoms with E-state index in [9.17, 15) is 9.59 Å². The van der Waals surface area contributed by atoms with Crippen molar-refractivity contribution in [1.29, 1.82) is 0 Å². The lowest BCUT2D eigenvalue weighted by atomic mass is 10.3. The van der Waals surface area contributed by atoms with Crippen molar-refractivity contribution in [3.63, 3.8) is 0 Å². The summed E-state index contributed by atoms with van der Waals surface area (Å²) in [6.45, 7) is 4.86. The first-order valence-electron chi connectivity index (χ1n) is 6.62. The Kier molecular flexibility index (Phi) is 6.72. The highest BCUT2D eigenvalue weighted by atomic mass is 16.6. The Bertz CT molecular complexity index is 625. The molecule has 0 N–H and O–H groups in total. The number of carbonyl (C=O) groups excluding carboxylic acids is 2. The van der Waals surface area contributed by atoms with E-state index < -0.39 is 11.9 Å². The van der Waals surface area contributed by atoms with Crippen molar-refractivity contribution in [1.82, 2.24) is 9.97 Å². The molecule has 0 aliphatic heterocycles. The Balaban J connectivity index is 3.04. The number of carbonyl (C=O) groups is 2. The van der Waals surface area contributed by atoms with Gasteiger partial charge in [0.25, 0.3) is 0 Å². The van der Waals surface area contributed by atoms with E-state index in [1.54, 1.807) is 20.8 Å². The standard InChI is InChI=1S/C15H18N2O6/c1-6-7-12(18)22-14(19)13(9(2)3)23-15-16-10(20-4)8-11(17-15)21-5/h6-8H,1-5H3. The fraction of sp³-hybridized carbons (Fsp3) is 0.333. The fourth-order valence-electron chi connectivity index (χ4n) is 1.39. The van der Waals surface area contributed by atoms with Gasteiger partial charge in [0.05, 0.1) is 20.3 Å². The zero-order valence-corrected chi connectivity index (χ0v) is 13.6. The first kappa shape index (κ1) is 18.1. The van der Waals surface area contributed by atoms with Gasteiger partial charge in [-0.2, -0.15) is 9.97 Å². The third kappa shape index (κ3) is 5.42. The molecule has 0 aliphatic carbocycles. The number of ether oxygens (including phenoxy) is 4. The summed E-state index contributed by atoms with van der Waals surface area (Å²) < 4.78 is 20.0. The number of hydrogen-bond acceptors (Lipinski definition) is 8. The molecular formula is C15H18N2O6. The highest BCUT2D eigenvalue weighted by molar-refractivity contribution is 5.98. The summed E-state index contributed by atoms with van der Waals surface area (Å²) in [6, 6.07) is 1.27. The largest absolute Gasteiger partial charge is 0.481 e. The van der Waals surface area contributed by atoms with Gasteiger partial charge in [0.15, 0.2) is 0 Å². The number of allylic oxidation sites excluding steroid dienone is 2. The normalized spacial score (nSPS) is 10.1. The van der Waals surface area contributed by atoms with Crippen molar-refractivity contribution in [2.75, 3.05) is 14.2 Å². The summed E-state index contributed by atoms with van der Waals surface area (Å²) in [4.78, 5) is 31.2. The van der Waals surface area contributed by atoms with E-state index in [1.807, 2.05) is 0 Å². The van der Waals surface area contributed by atoms with Gasteiger partial charge in [-0.25, -0.2) is 9.59 Å². The average Bonchev–Trinajstić information content (AvgIpc) is 2.51. The van der Waals surface area contributed by atoms with E-state index in [0.29, 0.717) is 5.57 Å². The minimum Gasteiger partial charge on any atom is -0.481 e. The van der Waals surface area contributed by atoms with Crippen LogP contribution in [0.3, 0.4) is 0 Å². The van der Waals surface area contributed by atoms with Crippen molar-refractivity contribution in [2.45, 2.75) is 20.8 Å². The summed E-state index contributed by atoms with van der Waals surface area (Å²) in [5.74, 6) is -1.56. The first-order chi connectivity index (χ1) is 10.9. The van der Waals surface area contributed by atoms with Gasteiger partial charge in [-0.1, -0.05) is 6.08 Å². The first-order valence-corrected chi connectivity index (χ1v) is 6.62. The minimum atomic E-state index is -0.946. The SMILES string of the molecule is CC=CC(=O)OC(=O)C(Oc1nc(OC)cc(OC)n1)=C(C)C. The van der Waals surface area contributed by atoms with Crippen molar-refractivity contribution in [3.05, 3.63) is 29.6 Å². The summed E-state index contributed by atoms with van der Waals surface area (Å²) in [5.41, 5.74) is 0.480. The van der Waals surface area contributed by atoms with E-state index in [0.717, 1.165) is 6.08 Å². The Morgan fingerprint density at radius 3 is 2.09 bits per heavy atom. The van der Waals surface area contributed by atoms with Gasteiger partial charge in [-0.3, -0.25) is 0 Å². The highest BCUT2D eigenvalue weighted by Gasteiger charge is 2.20. The van der Waals surface area contributed by atoms with E-state index in [2.05, 4.69) is 14.7 Å². The van der Waals surface area contributed by atoms with Gasteiger partial charge >= 0.3 is 17.9 Å². The van der Waals surface area contributed by atoms with E-state index in [4.69, 9.17) is 14.2 Å². The maximum atomic E-state index is 12.0. The Hall–Kier alpha value is -2.90. The molecule has 0 atom stereocenters. The van der Waals surface area contributed by atoms with Crippen LogP contribution >= 0.6 is 0 Å². The molecule has 0 spiro atoms. The molecule has 0 aromatic carbocycles. The van der Waals surface area contributed by atoms with Gasteiger partial charge in [0, 0.05) is 6.08 Å². The van der Waals surface area contributed by atoms with Crippen molar-refractivity contribution < 1.29 is 28.5 Å². The van der Waals surface area contributed by atoms with Crippen LogP contribution in [0.5, 0.6) is 17.8 Å². The van der Waals surface area contributed by atoms with Crippen LogP contribution in [0.2, 0.25) is 0 Å². The molecule has 1 aromatic rings. The molecule has 23 heavy (non-hydrogen) atoms. The molecule has 0 unspecified atom stereocenters. The third-order valence-corrected chi connectivity index (χ3v) is 2.41. The molecular weight excluding hydrogens is 304 g/mol. The molecule has 1 rings (SSSR count). The maximum Gasteiger partial charge on any atom is 0.382 e. The molecule has 0 radical (unpaired) electrons. The number of nitrogens with zero attached hydrogens (tertiary/aromatic N) is 2. The molecule has 0 bridgehead atoms.